The highest BCUT2D eigenvalue weighted by Crippen LogP contribution is 2.34. The Bertz CT molecular complexity index is 1070. The van der Waals surface area contributed by atoms with Crippen LogP contribution in [-0.4, -0.2) is 61.1 Å². The number of fused-ring (bicyclic) bond motifs is 3. The molecular weight excluding hydrogens is 428 g/mol. The van der Waals surface area contributed by atoms with Gasteiger partial charge < -0.3 is 19.9 Å². The SMILES string of the molecule is CCS(=O)n1c2c(c3cc(NC(=O)N4CCCC4)ccc31)CN(C(=O)OC(C)(C)C)CC2. The molecule has 8 nitrogen and oxygen atoms in total. The molecular formula is C23H32N4O4S. The molecule has 3 amide bonds. The molecule has 1 unspecified atom stereocenters. The van der Waals surface area contributed by atoms with E-state index >= 15 is 0 Å². The van der Waals surface area contributed by atoms with Gasteiger partial charge in [-0.3, -0.25) is 3.97 Å². The fourth-order valence-electron chi connectivity index (χ4n) is 4.36. The van der Waals surface area contributed by atoms with Gasteiger partial charge in [0, 0.05) is 54.1 Å². The molecule has 0 radical (unpaired) electrons. The molecule has 0 aliphatic carbocycles. The van der Waals surface area contributed by atoms with Crippen LogP contribution in [0.5, 0.6) is 0 Å². The molecule has 1 N–H and O–H groups in total. The number of hydrogen-bond acceptors (Lipinski definition) is 4. The van der Waals surface area contributed by atoms with E-state index in [-0.39, 0.29) is 12.1 Å². The van der Waals surface area contributed by atoms with Gasteiger partial charge in [-0.25, -0.2) is 13.8 Å². The summed E-state index contributed by atoms with van der Waals surface area (Å²) in [6, 6.07) is 5.61. The molecule has 32 heavy (non-hydrogen) atoms. The monoisotopic (exact) mass is 460 g/mol. The van der Waals surface area contributed by atoms with Gasteiger partial charge in [-0.2, -0.15) is 0 Å². The Balaban J connectivity index is 1.69. The number of aromatic nitrogens is 1. The minimum atomic E-state index is -1.19. The summed E-state index contributed by atoms with van der Waals surface area (Å²) in [6.07, 6.45) is 2.32. The Morgan fingerprint density at radius 3 is 2.50 bits per heavy atom. The van der Waals surface area contributed by atoms with Crippen molar-refractivity contribution < 1.29 is 18.5 Å². The Morgan fingerprint density at radius 2 is 1.84 bits per heavy atom. The summed E-state index contributed by atoms with van der Waals surface area (Å²) in [6.45, 7) is 9.91. The quantitative estimate of drug-likeness (QED) is 0.748. The van der Waals surface area contributed by atoms with Gasteiger partial charge in [-0.15, -0.1) is 0 Å². The molecule has 1 saturated heterocycles. The Kier molecular flexibility index (Phi) is 6.20. The molecule has 3 heterocycles. The van der Waals surface area contributed by atoms with Crippen molar-refractivity contribution >= 4 is 39.7 Å². The second kappa shape index (κ2) is 8.77. The van der Waals surface area contributed by atoms with E-state index in [0.717, 1.165) is 48.1 Å². The van der Waals surface area contributed by atoms with Gasteiger partial charge in [-0.1, -0.05) is 6.92 Å². The largest absolute Gasteiger partial charge is 0.444 e. The van der Waals surface area contributed by atoms with Crippen molar-refractivity contribution in [1.29, 1.82) is 0 Å². The Morgan fingerprint density at radius 1 is 1.12 bits per heavy atom. The smallest absolute Gasteiger partial charge is 0.410 e. The van der Waals surface area contributed by atoms with E-state index in [1.807, 2.05) is 54.8 Å². The molecule has 1 fully saturated rings. The van der Waals surface area contributed by atoms with Crippen molar-refractivity contribution in [1.82, 2.24) is 13.8 Å². The van der Waals surface area contributed by atoms with E-state index in [2.05, 4.69) is 5.32 Å². The molecule has 0 bridgehead atoms. The number of nitrogens with one attached hydrogen (secondary N) is 1. The predicted molar refractivity (Wildman–Crippen MR) is 126 cm³/mol. The van der Waals surface area contributed by atoms with Gasteiger partial charge in [0.05, 0.1) is 12.1 Å². The van der Waals surface area contributed by atoms with Crippen LogP contribution >= 0.6 is 0 Å². The van der Waals surface area contributed by atoms with Crippen LogP contribution in [0, 0.1) is 0 Å². The molecule has 2 aliphatic rings. The first-order valence-corrected chi connectivity index (χ1v) is 12.5. The van der Waals surface area contributed by atoms with Crippen LogP contribution < -0.4 is 5.32 Å². The van der Waals surface area contributed by atoms with E-state index < -0.39 is 16.6 Å². The Hall–Kier alpha value is -2.55. The lowest BCUT2D eigenvalue weighted by molar-refractivity contribution is 0.0224. The molecule has 1 atom stereocenters. The van der Waals surface area contributed by atoms with Crippen LogP contribution in [-0.2, 0) is 28.7 Å². The highest BCUT2D eigenvalue weighted by Gasteiger charge is 2.31. The van der Waals surface area contributed by atoms with Gasteiger partial charge >= 0.3 is 12.1 Å². The summed E-state index contributed by atoms with van der Waals surface area (Å²) in [4.78, 5) is 28.8. The van der Waals surface area contributed by atoms with Gasteiger partial charge in [0.2, 0.25) is 0 Å². The number of carbonyl (C=O) groups is 2. The standard InChI is InChI=1S/C23H32N4O4S/c1-5-32(30)27-19-9-8-16(24-21(28)25-11-6-7-12-25)14-17(19)18-15-26(13-10-20(18)27)22(29)31-23(2,3)4/h8-9,14H,5-7,10-13,15H2,1-4H3,(H,24,28). The normalized spacial score (nSPS) is 17.4. The summed E-state index contributed by atoms with van der Waals surface area (Å²) < 4.78 is 20.4. The average Bonchev–Trinajstić information content (AvgIpc) is 3.38. The number of rotatable bonds is 3. The van der Waals surface area contributed by atoms with Gasteiger partial charge in [0.1, 0.15) is 16.6 Å². The van der Waals surface area contributed by atoms with E-state index in [1.165, 1.54) is 0 Å². The maximum Gasteiger partial charge on any atom is 0.410 e. The molecule has 1 aromatic carbocycles. The zero-order chi connectivity index (χ0) is 23.0. The predicted octanol–water partition coefficient (Wildman–Crippen LogP) is 4.09. The number of urea groups is 1. The summed E-state index contributed by atoms with van der Waals surface area (Å²) in [5.41, 5.74) is 2.95. The van der Waals surface area contributed by atoms with Crippen molar-refractivity contribution in [2.75, 3.05) is 30.7 Å². The molecule has 174 valence electrons. The maximum atomic E-state index is 12.9. The fourth-order valence-corrected chi connectivity index (χ4v) is 5.45. The summed E-state index contributed by atoms with van der Waals surface area (Å²) in [5, 5.41) is 3.91. The summed E-state index contributed by atoms with van der Waals surface area (Å²) >= 11 is 0. The fraction of sp³-hybridized carbons (Fsp3) is 0.565. The molecule has 2 aliphatic heterocycles. The van der Waals surface area contributed by atoms with Crippen molar-refractivity contribution in [3.8, 4) is 0 Å². The second-order valence-electron chi connectivity index (χ2n) is 9.34. The zero-order valence-corrected chi connectivity index (χ0v) is 20.1. The summed E-state index contributed by atoms with van der Waals surface area (Å²) in [5.74, 6) is 0.499. The third-order valence-corrected chi connectivity index (χ3v) is 7.17. The van der Waals surface area contributed by atoms with Crippen LogP contribution in [0.4, 0.5) is 15.3 Å². The average molecular weight is 461 g/mol. The molecule has 0 saturated carbocycles. The third-order valence-electron chi connectivity index (χ3n) is 5.85. The number of amides is 3. The van der Waals surface area contributed by atoms with Gasteiger partial charge in [0.25, 0.3) is 0 Å². The van der Waals surface area contributed by atoms with Crippen molar-refractivity contribution in [3.63, 3.8) is 0 Å². The molecule has 1 aromatic heterocycles. The highest BCUT2D eigenvalue weighted by atomic mass is 32.2. The van der Waals surface area contributed by atoms with Crippen LogP contribution in [0.3, 0.4) is 0 Å². The van der Waals surface area contributed by atoms with E-state index in [1.54, 1.807) is 4.90 Å². The lowest BCUT2D eigenvalue weighted by Crippen LogP contribution is -2.40. The van der Waals surface area contributed by atoms with Gasteiger partial charge in [0.15, 0.2) is 0 Å². The topological polar surface area (TPSA) is 83.9 Å². The lowest BCUT2D eigenvalue weighted by Gasteiger charge is -2.30. The number of hydrogen-bond donors (Lipinski definition) is 1. The minimum absolute atomic E-state index is 0.0948. The first kappa shape index (κ1) is 22.6. The molecule has 2 aromatic rings. The van der Waals surface area contributed by atoms with E-state index in [4.69, 9.17) is 4.74 Å². The van der Waals surface area contributed by atoms with Crippen molar-refractivity contribution in [2.45, 2.75) is 59.1 Å². The van der Waals surface area contributed by atoms with Crippen LogP contribution in [0.2, 0.25) is 0 Å². The van der Waals surface area contributed by atoms with Crippen LogP contribution in [0.15, 0.2) is 18.2 Å². The van der Waals surface area contributed by atoms with E-state index in [0.29, 0.717) is 31.0 Å². The minimum Gasteiger partial charge on any atom is -0.444 e. The van der Waals surface area contributed by atoms with Crippen molar-refractivity contribution in [2.24, 2.45) is 0 Å². The number of benzene rings is 1. The molecule has 9 heteroatoms. The second-order valence-corrected chi connectivity index (χ2v) is 10.9. The highest BCUT2D eigenvalue weighted by molar-refractivity contribution is 7.83. The Labute approximate surface area is 191 Å². The van der Waals surface area contributed by atoms with Crippen molar-refractivity contribution in [3.05, 3.63) is 29.5 Å². The number of likely N-dealkylation sites (tertiary alicyclic amines) is 1. The third kappa shape index (κ3) is 4.48. The lowest BCUT2D eigenvalue weighted by atomic mass is 10.0. The van der Waals surface area contributed by atoms with Gasteiger partial charge in [-0.05, 0) is 51.8 Å². The first-order chi connectivity index (χ1) is 15.2. The summed E-state index contributed by atoms with van der Waals surface area (Å²) in [7, 11) is -1.19. The number of ether oxygens (including phenoxy) is 1. The first-order valence-electron chi connectivity index (χ1n) is 11.3. The number of anilines is 1. The van der Waals surface area contributed by atoms with E-state index in [9.17, 15) is 13.8 Å². The van der Waals surface area contributed by atoms with Crippen LogP contribution in [0.25, 0.3) is 10.9 Å². The maximum absolute atomic E-state index is 12.9. The zero-order valence-electron chi connectivity index (χ0n) is 19.3. The molecule has 0 spiro atoms. The van der Waals surface area contributed by atoms with Crippen LogP contribution in [0.1, 0.15) is 51.8 Å². The number of nitrogens with zero attached hydrogens (tertiary/aromatic N) is 3. The molecule has 4 rings (SSSR count). The number of carbonyl (C=O) groups excluding carboxylic acids is 2.